The van der Waals surface area contributed by atoms with E-state index in [0.29, 0.717) is 18.7 Å². The van der Waals surface area contributed by atoms with E-state index < -0.39 is 10.8 Å². The summed E-state index contributed by atoms with van der Waals surface area (Å²) in [6.07, 6.45) is 3.46. The number of amides is 1. The number of aliphatic hydroxyl groups excluding tert-OH is 1. The number of benzene rings is 1. The van der Waals surface area contributed by atoms with Crippen molar-refractivity contribution in [2.45, 2.75) is 31.7 Å². The fourth-order valence-electron chi connectivity index (χ4n) is 2.67. The van der Waals surface area contributed by atoms with Crippen molar-refractivity contribution in [2.75, 3.05) is 18.9 Å². The molecule has 1 aliphatic heterocycles. The SMILES string of the molecule is Nc1ccc([N+](=O)[O-])c(C(=O)N2CCCCCC2CO)c1. The molecule has 1 fully saturated rings. The van der Waals surface area contributed by atoms with Crippen LogP contribution in [0.3, 0.4) is 0 Å². The number of aliphatic hydroxyl groups is 1. The first kappa shape index (κ1) is 15.2. The Morgan fingerprint density at radius 3 is 2.86 bits per heavy atom. The Labute approximate surface area is 122 Å². The number of nitrogens with two attached hydrogens (primary N) is 1. The second kappa shape index (κ2) is 6.53. The van der Waals surface area contributed by atoms with Crippen molar-refractivity contribution in [2.24, 2.45) is 0 Å². The topological polar surface area (TPSA) is 110 Å². The maximum Gasteiger partial charge on any atom is 0.282 e. The second-order valence-corrected chi connectivity index (χ2v) is 5.22. The Morgan fingerprint density at radius 2 is 2.19 bits per heavy atom. The summed E-state index contributed by atoms with van der Waals surface area (Å²) in [7, 11) is 0. The van der Waals surface area contributed by atoms with Crippen LogP contribution in [0.4, 0.5) is 11.4 Å². The van der Waals surface area contributed by atoms with Crippen LogP contribution in [0.15, 0.2) is 18.2 Å². The molecule has 0 radical (unpaired) electrons. The quantitative estimate of drug-likeness (QED) is 0.499. The summed E-state index contributed by atoms with van der Waals surface area (Å²) in [5, 5.41) is 20.5. The zero-order chi connectivity index (χ0) is 15.4. The fourth-order valence-corrected chi connectivity index (χ4v) is 2.67. The number of nitrogens with zero attached hydrogens (tertiary/aromatic N) is 2. The normalized spacial score (nSPS) is 19.1. The molecule has 0 aliphatic carbocycles. The van der Waals surface area contributed by atoms with Gasteiger partial charge in [-0.1, -0.05) is 12.8 Å². The molecule has 1 unspecified atom stereocenters. The van der Waals surface area contributed by atoms with Gasteiger partial charge >= 0.3 is 0 Å². The number of likely N-dealkylation sites (tertiary alicyclic amines) is 1. The number of rotatable bonds is 3. The Balaban J connectivity index is 2.37. The van der Waals surface area contributed by atoms with E-state index >= 15 is 0 Å². The first-order chi connectivity index (χ1) is 10.0. The molecule has 0 aromatic heterocycles. The van der Waals surface area contributed by atoms with E-state index in [1.165, 1.54) is 23.1 Å². The predicted octanol–water partition coefficient (Wildman–Crippen LogP) is 1.55. The number of nitrogen functional groups attached to an aromatic ring is 1. The Morgan fingerprint density at radius 1 is 1.43 bits per heavy atom. The number of hydrogen-bond acceptors (Lipinski definition) is 5. The van der Waals surface area contributed by atoms with Crippen LogP contribution >= 0.6 is 0 Å². The largest absolute Gasteiger partial charge is 0.399 e. The third-order valence-corrected chi connectivity index (χ3v) is 3.80. The standard InChI is InChI=1S/C14H19N3O4/c15-10-5-6-13(17(20)21)12(8-10)14(19)16-7-3-1-2-4-11(16)9-18/h5-6,8,11,18H,1-4,7,9,15H2. The van der Waals surface area contributed by atoms with E-state index in [2.05, 4.69) is 0 Å². The summed E-state index contributed by atoms with van der Waals surface area (Å²) >= 11 is 0. The van der Waals surface area contributed by atoms with Crippen molar-refractivity contribution < 1.29 is 14.8 Å². The lowest BCUT2D eigenvalue weighted by molar-refractivity contribution is -0.385. The summed E-state index contributed by atoms with van der Waals surface area (Å²) in [5.74, 6) is -0.435. The molecule has 21 heavy (non-hydrogen) atoms. The van der Waals surface area contributed by atoms with Gasteiger partial charge in [-0.05, 0) is 25.0 Å². The minimum Gasteiger partial charge on any atom is -0.399 e. The van der Waals surface area contributed by atoms with Crippen molar-refractivity contribution in [1.29, 1.82) is 0 Å². The van der Waals surface area contributed by atoms with Gasteiger partial charge in [0.1, 0.15) is 5.56 Å². The molecule has 1 aliphatic rings. The highest BCUT2D eigenvalue weighted by atomic mass is 16.6. The van der Waals surface area contributed by atoms with Gasteiger partial charge in [0.25, 0.3) is 11.6 Å². The molecular weight excluding hydrogens is 274 g/mol. The van der Waals surface area contributed by atoms with E-state index in [4.69, 9.17) is 5.73 Å². The molecule has 1 aromatic rings. The zero-order valence-corrected chi connectivity index (χ0v) is 11.7. The van der Waals surface area contributed by atoms with Gasteiger partial charge < -0.3 is 15.7 Å². The van der Waals surface area contributed by atoms with E-state index in [1.807, 2.05) is 0 Å². The van der Waals surface area contributed by atoms with Crippen molar-refractivity contribution in [3.8, 4) is 0 Å². The molecule has 0 saturated carbocycles. The minimum absolute atomic E-state index is 0.0136. The van der Waals surface area contributed by atoms with Crippen LogP contribution in [0.2, 0.25) is 0 Å². The lowest BCUT2D eigenvalue weighted by Gasteiger charge is -2.28. The van der Waals surface area contributed by atoms with Crippen molar-refractivity contribution in [1.82, 2.24) is 4.90 Å². The molecule has 1 heterocycles. The van der Waals surface area contributed by atoms with Gasteiger partial charge in [-0.2, -0.15) is 0 Å². The van der Waals surface area contributed by atoms with Crippen LogP contribution in [0.5, 0.6) is 0 Å². The number of nitro benzene ring substituents is 1. The summed E-state index contributed by atoms with van der Waals surface area (Å²) in [4.78, 5) is 24.7. The summed E-state index contributed by atoms with van der Waals surface area (Å²) in [5.41, 5.74) is 5.69. The molecule has 1 aromatic carbocycles. The molecule has 7 heteroatoms. The van der Waals surface area contributed by atoms with E-state index in [0.717, 1.165) is 19.3 Å². The van der Waals surface area contributed by atoms with Crippen molar-refractivity contribution in [3.63, 3.8) is 0 Å². The lowest BCUT2D eigenvalue weighted by atomic mass is 10.1. The molecule has 0 bridgehead atoms. The number of hydrogen-bond donors (Lipinski definition) is 2. The van der Waals surface area contributed by atoms with Gasteiger partial charge in [-0.3, -0.25) is 14.9 Å². The van der Waals surface area contributed by atoms with Gasteiger partial charge in [0.2, 0.25) is 0 Å². The Hall–Kier alpha value is -2.15. The van der Waals surface area contributed by atoms with Crippen LogP contribution in [0.1, 0.15) is 36.0 Å². The van der Waals surface area contributed by atoms with Gasteiger partial charge in [0.05, 0.1) is 17.6 Å². The number of nitro groups is 1. The van der Waals surface area contributed by atoms with Gasteiger partial charge in [-0.15, -0.1) is 0 Å². The van der Waals surface area contributed by atoms with Crippen LogP contribution in [0.25, 0.3) is 0 Å². The number of carbonyl (C=O) groups excluding carboxylic acids is 1. The van der Waals surface area contributed by atoms with E-state index in [-0.39, 0.29) is 23.9 Å². The highest BCUT2D eigenvalue weighted by molar-refractivity contribution is 5.99. The molecule has 1 saturated heterocycles. The molecule has 3 N–H and O–H groups in total. The first-order valence-corrected chi connectivity index (χ1v) is 7.00. The minimum atomic E-state index is -0.585. The second-order valence-electron chi connectivity index (χ2n) is 5.22. The van der Waals surface area contributed by atoms with Gasteiger partial charge in [0.15, 0.2) is 0 Å². The number of carbonyl (C=O) groups is 1. The molecule has 1 amide bonds. The summed E-state index contributed by atoms with van der Waals surface area (Å²) in [6.45, 7) is 0.359. The Kier molecular flexibility index (Phi) is 4.74. The van der Waals surface area contributed by atoms with E-state index in [9.17, 15) is 20.0 Å². The summed E-state index contributed by atoms with van der Waals surface area (Å²) in [6, 6.07) is 3.69. The first-order valence-electron chi connectivity index (χ1n) is 7.00. The average Bonchev–Trinajstić information content (AvgIpc) is 2.71. The smallest absolute Gasteiger partial charge is 0.282 e. The van der Waals surface area contributed by atoms with Crippen LogP contribution in [-0.4, -0.2) is 40.0 Å². The molecule has 114 valence electrons. The summed E-state index contributed by atoms with van der Waals surface area (Å²) < 4.78 is 0. The van der Waals surface area contributed by atoms with E-state index in [1.54, 1.807) is 0 Å². The maximum atomic E-state index is 12.7. The molecule has 1 atom stereocenters. The van der Waals surface area contributed by atoms with Crippen molar-refractivity contribution in [3.05, 3.63) is 33.9 Å². The third-order valence-electron chi connectivity index (χ3n) is 3.80. The predicted molar refractivity (Wildman–Crippen MR) is 77.9 cm³/mol. The Bertz CT molecular complexity index is 547. The van der Waals surface area contributed by atoms with Crippen molar-refractivity contribution >= 4 is 17.3 Å². The van der Waals surface area contributed by atoms with Crippen LogP contribution in [-0.2, 0) is 0 Å². The fraction of sp³-hybridized carbons (Fsp3) is 0.500. The lowest BCUT2D eigenvalue weighted by Crippen LogP contribution is -2.42. The highest BCUT2D eigenvalue weighted by Crippen LogP contribution is 2.26. The highest BCUT2D eigenvalue weighted by Gasteiger charge is 2.30. The molecule has 0 spiro atoms. The monoisotopic (exact) mass is 293 g/mol. The molecule has 7 nitrogen and oxygen atoms in total. The average molecular weight is 293 g/mol. The molecule has 2 rings (SSSR count). The number of anilines is 1. The maximum absolute atomic E-state index is 12.7. The van der Waals surface area contributed by atoms with Gasteiger partial charge in [-0.25, -0.2) is 0 Å². The molecular formula is C14H19N3O4. The third kappa shape index (κ3) is 3.30. The van der Waals surface area contributed by atoms with Crippen LogP contribution in [0, 0.1) is 10.1 Å². The van der Waals surface area contributed by atoms with Crippen LogP contribution < -0.4 is 5.73 Å². The zero-order valence-electron chi connectivity index (χ0n) is 11.7. The van der Waals surface area contributed by atoms with Gasteiger partial charge in [0, 0.05) is 18.3 Å².